The van der Waals surface area contributed by atoms with E-state index in [1.54, 1.807) is 24.3 Å². The molecule has 0 spiro atoms. The predicted octanol–water partition coefficient (Wildman–Crippen LogP) is 4.94. The third-order valence-electron chi connectivity index (χ3n) is 5.76. The third kappa shape index (κ3) is 3.38. The van der Waals surface area contributed by atoms with Gasteiger partial charge in [-0.3, -0.25) is 14.5 Å². The zero-order chi connectivity index (χ0) is 22.1. The van der Waals surface area contributed by atoms with Crippen molar-refractivity contribution >= 4 is 23.1 Å². The Labute approximate surface area is 181 Å². The van der Waals surface area contributed by atoms with Crippen molar-refractivity contribution in [3.8, 4) is 5.75 Å². The molecule has 1 aliphatic heterocycles. The number of rotatable bonds is 4. The number of ether oxygens (including phenoxy) is 1. The van der Waals surface area contributed by atoms with Crippen LogP contribution in [0, 0.1) is 13.8 Å². The number of nitrogens with zero attached hydrogens (tertiary/aromatic N) is 1. The van der Waals surface area contributed by atoms with Gasteiger partial charge in [-0.2, -0.15) is 0 Å². The number of hydrogen-bond acceptors (Lipinski definition) is 4. The lowest BCUT2D eigenvalue weighted by molar-refractivity contribution is -0.132. The minimum atomic E-state index is -0.758. The summed E-state index contributed by atoms with van der Waals surface area (Å²) in [6, 6.07) is 21.1. The Hall–Kier alpha value is -3.86. The molecule has 156 valence electrons. The second-order valence-electron chi connectivity index (χ2n) is 7.50. The van der Waals surface area contributed by atoms with Gasteiger partial charge >= 0.3 is 0 Å². The Morgan fingerprint density at radius 1 is 0.903 bits per heavy atom. The first-order valence-electron chi connectivity index (χ1n) is 10.0. The van der Waals surface area contributed by atoms with E-state index >= 15 is 0 Å². The number of aryl methyl sites for hydroxylation is 1. The molecule has 0 saturated carbocycles. The normalized spacial score (nSPS) is 17.8. The molecule has 5 heteroatoms. The second-order valence-corrected chi connectivity index (χ2v) is 7.50. The smallest absolute Gasteiger partial charge is 0.300 e. The fourth-order valence-corrected chi connectivity index (χ4v) is 4.01. The maximum atomic E-state index is 13.3. The molecule has 3 aromatic carbocycles. The molecule has 1 saturated heterocycles. The van der Waals surface area contributed by atoms with E-state index in [9.17, 15) is 14.7 Å². The van der Waals surface area contributed by atoms with E-state index in [1.165, 1.54) is 12.0 Å². The van der Waals surface area contributed by atoms with E-state index in [-0.39, 0.29) is 11.3 Å². The Balaban J connectivity index is 2.00. The average Bonchev–Trinajstić information content (AvgIpc) is 3.06. The fourth-order valence-electron chi connectivity index (χ4n) is 4.01. The van der Waals surface area contributed by atoms with Gasteiger partial charge < -0.3 is 9.84 Å². The van der Waals surface area contributed by atoms with Crippen molar-refractivity contribution in [1.82, 2.24) is 0 Å². The van der Waals surface area contributed by atoms with E-state index in [1.807, 2.05) is 62.4 Å². The number of hydrogen-bond donors (Lipinski definition) is 1. The van der Waals surface area contributed by atoms with Gasteiger partial charge in [0, 0.05) is 5.69 Å². The zero-order valence-electron chi connectivity index (χ0n) is 17.6. The highest BCUT2D eigenvalue weighted by Gasteiger charge is 2.47. The third-order valence-corrected chi connectivity index (χ3v) is 5.76. The van der Waals surface area contributed by atoms with Crippen LogP contribution in [0.3, 0.4) is 0 Å². The molecule has 1 unspecified atom stereocenters. The molecule has 3 aromatic rings. The number of carbonyl (C=O) groups excluding carboxylic acids is 2. The minimum absolute atomic E-state index is 0.0432. The lowest BCUT2D eigenvalue weighted by Gasteiger charge is -2.27. The summed E-state index contributed by atoms with van der Waals surface area (Å²) in [7, 11) is 1.50. The number of methoxy groups -OCH3 is 1. The second kappa shape index (κ2) is 8.11. The number of amides is 1. The number of Topliss-reactive ketones (excluding diaryl/α,β-unsaturated/α-hetero) is 1. The molecule has 0 radical (unpaired) electrons. The molecule has 0 aromatic heterocycles. The number of para-hydroxylation sites is 1. The van der Waals surface area contributed by atoms with Gasteiger partial charge in [-0.1, -0.05) is 54.6 Å². The Morgan fingerprint density at radius 3 is 2.29 bits per heavy atom. The summed E-state index contributed by atoms with van der Waals surface area (Å²) in [6.45, 7) is 3.88. The van der Waals surface area contributed by atoms with Crippen molar-refractivity contribution in [2.45, 2.75) is 19.9 Å². The molecule has 31 heavy (non-hydrogen) atoms. The SMILES string of the molecule is COc1ccccc1/C(O)=C1\C(=O)C(=O)N(c2cccc(C)c2C)C1c1ccccc1. The minimum Gasteiger partial charge on any atom is -0.507 e. The van der Waals surface area contributed by atoms with Crippen molar-refractivity contribution in [2.24, 2.45) is 0 Å². The van der Waals surface area contributed by atoms with Crippen LogP contribution in [-0.4, -0.2) is 23.9 Å². The van der Waals surface area contributed by atoms with Gasteiger partial charge in [-0.05, 0) is 48.7 Å². The van der Waals surface area contributed by atoms with Crippen molar-refractivity contribution in [1.29, 1.82) is 0 Å². The van der Waals surface area contributed by atoms with Crippen LogP contribution in [0.25, 0.3) is 5.76 Å². The van der Waals surface area contributed by atoms with Crippen LogP contribution in [0.1, 0.15) is 28.3 Å². The first-order chi connectivity index (χ1) is 15.0. The topological polar surface area (TPSA) is 66.8 Å². The molecule has 1 aliphatic rings. The predicted molar refractivity (Wildman–Crippen MR) is 120 cm³/mol. The van der Waals surface area contributed by atoms with Crippen molar-refractivity contribution in [3.05, 3.63) is 101 Å². The van der Waals surface area contributed by atoms with Gasteiger partial charge in [-0.25, -0.2) is 0 Å². The lowest BCUT2D eigenvalue weighted by Crippen LogP contribution is -2.30. The molecule has 1 amide bonds. The Kier molecular flexibility index (Phi) is 5.34. The highest BCUT2D eigenvalue weighted by Crippen LogP contribution is 2.44. The van der Waals surface area contributed by atoms with Crippen molar-refractivity contribution in [2.75, 3.05) is 12.0 Å². The number of anilines is 1. The summed E-state index contributed by atoms with van der Waals surface area (Å²) >= 11 is 0. The summed E-state index contributed by atoms with van der Waals surface area (Å²) in [5.41, 5.74) is 3.71. The molecular formula is C26H23NO4. The summed E-state index contributed by atoms with van der Waals surface area (Å²) in [5, 5.41) is 11.2. The number of aliphatic hydroxyl groups excluding tert-OH is 1. The average molecular weight is 413 g/mol. The quantitative estimate of drug-likeness (QED) is 0.374. The van der Waals surface area contributed by atoms with E-state index in [0.29, 0.717) is 17.0 Å². The first-order valence-corrected chi connectivity index (χ1v) is 10.0. The number of ketones is 1. The van der Waals surface area contributed by atoms with Gasteiger partial charge in [0.05, 0.1) is 24.3 Å². The largest absolute Gasteiger partial charge is 0.507 e. The molecule has 1 atom stereocenters. The van der Waals surface area contributed by atoms with Gasteiger partial charge in [0.15, 0.2) is 0 Å². The maximum absolute atomic E-state index is 13.3. The number of carbonyl (C=O) groups is 2. The molecule has 0 bridgehead atoms. The molecule has 1 heterocycles. The summed E-state index contributed by atoms with van der Waals surface area (Å²) in [5.74, 6) is -1.22. The summed E-state index contributed by atoms with van der Waals surface area (Å²) in [4.78, 5) is 28.0. The highest BCUT2D eigenvalue weighted by molar-refractivity contribution is 6.51. The van der Waals surface area contributed by atoms with E-state index in [4.69, 9.17) is 4.74 Å². The van der Waals surface area contributed by atoms with E-state index in [0.717, 1.165) is 16.7 Å². The fraction of sp³-hybridized carbons (Fsp3) is 0.154. The van der Waals surface area contributed by atoms with Crippen molar-refractivity contribution < 1.29 is 19.4 Å². The Bertz CT molecular complexity index is 1200. The molecular weight excluding hydrogens is 390 g/mol. The van der Waals surface area contributed by atoms with E-state index in [2.05, 4.69) is 0 Å². The van der Waals surface area contributed by atoms with Crippen LogP contribution in [0.5, 0.6) is 5.75 Å². The van der Waals surface area contributed by atoms with Gasteiger partial charge in [0.1, 0.15) is 11.5 Å². The Morgan fingerprint density at radius 2 is 1.58 bits per heavy atom. The van der Waals surface area contributed by atoms with Crippen LogP contribution >= 0.6 is 0 Å². The maximum Gasteiger partial charge on any atom is 0.300 e. The van der Waals surface area contributed by atoms with Crippen LogP contribution in [0.2, 0.25) is 0 Å². The lowest BCUT2D eigenvalue weighted by atomic mass is 9.94. The van der Waals surface area contributed by atoms with E-state index < -0.39 is 17.7 Å². The van der Waals surface area contributed by atoms with Gasteiger partial charge in [0.25, 0.3) is 11.7 Å². The molecule has 5 nitrogen and oxygen atoms in total. The first kappa shape index (κ1) is 20.4. The van der Waals surface area contributed by atoms with Crippen LogP contribution in [0.15, 0.2) is 78.4 Å². The zero-order valence-corrected chi connectivity index (χ0v) is 17.6. The molecule has 4 rings (SSSR count). The highest BCUT2D eigenvalue weighted by atomic mass is 16.5. The van der Waals surface area contributed by atoms with Gasteiger partial charge in [-0.15, -0.1) is 0 Å². The standard InChI is InChI=1S/C26H23NO4/c1-16-10-9-14-20(17(16)2)27-23(18-11-5-4-6-12-18)22(25(29)26(27)30)24(28)19-13-7-8-15-21(19)31-3/h4-15,23,28H,1-3H3/b24-22+. The molecule has 0 aliphatic carbocycles. The monoisotopic (exact) mass is 413 g/mol. The summed E-state index contributed by atoms with van der Waals surface area (Å²) < 4.78 is 5.37. The van der Waals surface area contributed by atoms with Crippen LogP contribution in [0.4, 0.5) is 5.69 Å². The summed E-state index contributed by atoms with van der Waals surface area (Å²) in [6.07, 6.45) is 0. The van der Waals surface area contributed by atoms with Crippen LogP contribution < -0.4 is 9.64 Å². The van der Waals surface area contributed by atoms with Crippen LogP contribution in [-0.2, 0) is 9.59 Å². The van der Waals surface area contributed by atoms with Gasteiger partial charge in [0.2, 0.25) is 0 Å². The number of aliphatic hydroxyl groups is 1. The molecule has 1 N–H and O–H groups in total. The number of benzene rings is 3. The molecule has 1 fully saturated rings. The van der Waals surface area contributed by atoms with Crippen molar-refractivity contribution in [3.63, 3.8) is 0 Å².